The van der Waals surface area contributed by atoms with Gasteiger partial charge in [-0.25, -0.2) is 4.79 Å². The maximum Gasteiger partial charge on any atom is 0.337 e. The fraction of sp³-hybridized carbons (Fsp3) is 0.222. The molecule has 1 aromatic carbocycles. The predicted octanol–water partition coefficient (Wildman–Crippen LogP) is 0.987. The van der Waals surface area contributed by atoms with E-state index >= 15 is 0 Å². The maximum absolute atomic E-state index is 10.7. The van der Waals surface area contributed by atoms with Crippen molar-refractivity contribution in [2.45, 2.75) is 13.0 Å². The summed E-state index contributed by atoms with van der Waals surface area (Å²) in [5.41, 5.74) is 12.3. The molecule has 0 aromatic heterocycles. The Labute approximate surface area is 76.2 Å². The Hall–Kier alpha value is -1.55. The first-order chi connectivity index (χ1) is 6.04. The van der Waals surface area contributed by atoms with Gasteiger partial charge in [-0.05, 0) is 18.6 Å². The van der Waals surface area contributed by atoms with Crippen molar-refractivity contribution in [2.75, 3.05) is 5.73 Å². The first-order valence-electron chi connectivity index (χ1n) is 3.91. The molecule has 0 fully saturated rings. The fourth-order valence-corrected chi connectivity index (χ4v) is 1.17. The van der Waals surface area contributed by atoms with Gasteiger partial charge in [-0.3, -0.25) is 0 Å². The Balaban J connectivity index is 3.26. The minimum atomic E-state index is -1.03. The van der Waals surface area contributed by atoms with Crippen molar-refractivity contribution >= 4 is 11.7 Å². The first kappa shape index (κ1) is 9.54. The lowest BCUT2D eigenvalue weighted by Gasteiger charge is -2.10. The third-order valence-corrected chi connectivity index (χ3v) is 1.86. The maximum atomic E-state index is 10.7. The smallest absolute Gasteiger partial charge is 0.337 e. The quantitative estimate of drug-likeness (QED) is 0.592. The highest BCUT2D eigenvalue weighted by Gasteiger charge is 2.12. The molecule has 70 valence electrons. The van der Waals surface area contributed by atoms with Crippen molar-refractivity contribution in [2.24, 2.45) is 5.73 Å². The number of benzene rings is 1. The summed E-state index contributed by atoms with van der Waals surface area (Å²) in [7, 11) is 0. The molecule has 4 heteroatoms. The number of carboxylic acid groups (broad SMARTS) is 1. The summed E-state index contributed by atoms with van der Waals surface area (Å²) in [5, 5.41) is 8.75. The number of carboxylic acids is 1. The molecule has 0 spiro atoms. The molecule has 0 amide bonds. The van der Waals surface area contributed by atoms with Crippen molar-refractivity contribution in [1.82, 2.24) is 0 Å². The van der Waals surface area contributed by atoms with Crippen LogP contribution in [0.1, 0.15) is 28.9 Å². The van der Waals surface area contributed by atoms with Gasteiger partial charge in [0.2, 0.25) is 0 Å². The molecule has 0 saturated carbocycles. The van der Waals surface area contributed by atoms with Crippen LogP contribution < -0.4 is 11.5 Å². The molecular weight excluding hydrogens is 168 g/mol. The van der Waals surface area contributed by atoms with Gasteiger partial charge >= 0.3 is 5.97 Å². The van der Waals surface area contributed by atoms with Gasteiger partial charge in [-0.1, -0.05) is 12.1 Å². The van der Waals surface area contributed by atoms with E-state index in [2.05, 4.69) is 0 Å². The molecule has 1 aromatic rings. The van der Waals surface area contributed by atoms with E-state index in [-0.39, 0.29) is 17.3 Å². The molecule has 0 aliphatic carbocycles. The van der Waals surface area contributed by atoms with E-state index in [1.165, 1.54) is 6.07 Å². The summed E-state index contributed by atoms with van der Waals surface area (Å²) in [6.45, 7) is 1.76. The van der Waals surface area contributed by atoms with Crippen LogP contribution in [0.5, 0.6) is 0 Å². The Morgan fingerprint density at radius 1 is 1.54 bits per heavy atom. The van der Waals surface area contributed by atoms with Crippen molar-refractivity contribution in [3.05, 3.63) is 29.3 Å². The highest BCUT2D eigenvalue weighted by molar-refractivity contribution is 5.94. The van der Waals surface area contributed by atoms with Crippen molar-refractivity contribution in [1.29, 1.82) is 0 Å². The Morgan fingerprint density at radius 3 is 2.62 bits per heavy atom. The number of rotatable bonds is 2. The molecule has 0 bridgehead atoms. The Morgan fingerprint density at radius 2 is 2.15 bits per heavy atom. The van der Waals surface area contributed by atoms with Gasteiger partial charge in [-0.2, -0.15) is 0 Å². The molecule has 5 N–H and O–H groups in total. The van der Waals surface area contributed by atoms with E-state index in [4.69, 9.17) is 16.6 Å². The van der Waals surface area contributed by atoms with Crippen LogP contribution in [0.15, 0.2) is 18.2 Å². The van der Waals surface area contributed by atoms with Crippen LogP contribution in [-0.2, 0) is 0 Å². The van der Waals surface area contributed by atoms with Crippen LogP contribution >= 0.6 is 0 Å². The SMILES string of the molecule is C[C@@H](N)c1cccc(C(=O)O)c1N. The summed E-state index contributed by atoms with van der Waals surface area (Å²) in [6, 6.07) is 4.58. The summed E-state index contributed by atoms with van der Waals surface area (Å²) in [6.07, 6.45) is 0. The molecule has 13 heavy (non-hydrogen) atoms. The number of nitrogens with two attached hydrogens (primary N) is 2. The number of nitrogen functional groups attached to an aromatic ring is 1. The molecule has 1 rings (SSSR count). The second-order valence-electron chi connectivity index (χ2n) is 2.90. The van der Waals surface area contributed by atoms with E-state index in [1.54, 1.807) is 19.1 Å². The topological polar surface area (TPSA) is 89.3 Å². The molecule has 0 aliphatic rings. The summed E-state index contributed by atoms with van der Waals surface area (Å²) in [4.78, 5) is 10.7. The first-order valence-corrected chi connectivity index (χ1v) is 3.91. The average molecular weight is 180 g/mol. The lowest BCUT2D eigenvalue weighted by molar-refractivity contribution is 0.0698. The molecule has 0 unspecified atom stereocenters. The van der Waals surface area contributed by atoms with E-state index in [1.807, 2.05) is 0 Å². The van der Waals surface area contributed by atoms with Gasteiger partial charge in [0.15, 0.2) is 0 Å². The largest absolute Gasteiger partial charge is 0.478 e. The summed E-state index contributed by atoms with van der Waals surface area (Å²) in [5.74, 6) is -1.03. The Kier molecular flexibility index (Phi) is 2.53. The number of hydrogen-bond acceptors (Lipinski definition) is 3. The number of aromatic carboxylic acids is 1. The zero-order chi connectivity index (χ0) is 10.0. The third-order valence-electron chi connectivity index (χ3n) is 1.86. The van der Waals surface area contributed by atoms with Gasteiger partial charge in [0.25, 0.3) is 0 Å². The lowest BCUT2D eigenvalue weighted by Crippen LogP contribution is -2.11. The van der Waals surface area contributed by atoms with Crippen LogP contribution in [0.25, 0.3) is 0 Å². The van der Waals surface area contributed by atoms with E-state index in [0.717, 1.165) is 0 Å². The van der Waals surface area contributed by atoms with Gasteiger partial charge in [0.05, 0.1) is 11.3 Å². The van der Waals surface area contributed by atoms with E-state index in [9.17, 15) is 4.79 Å². The molecule has 0 heterocycles. The van der Waals surface area contributed by atoms with Gasteiger partial charge in [-0.15, -0.1) is 0 Å². The molecule has 4 nitrogen and oxygen atoms in total. The van der Waals surface area contributed by atoms with E-state index < -0.39 is 5.97 Å². The number of carbonyl (C=O) groups is 1. The monoisotopic (exact) mass is 180 g/mol. The molecule has 0 saturated heterocycles. The zero-order valence-electron chi connectivity index (χ0n) is 7.32. The van der Waals surface area contributed by atoms with Crippen molar-refractivity contribution < 1.29 is 9.90 Å². The highest BCUT2D eigenvalue weighted by Crippen LogP contribution is 2.22. The van der Waals surface area contributed by atoms with Gasteiger partial charge < -0.3 is 16.6 Å². The van der Waals surface area contributed by atoms with Crippen LogP contribution in [0.2, 0.25) is 0 Å². The average Bonchev–Trinajstić information content (AvgIpc) is 2.03. The second-order valence-corrected chi connectivity index (χ2v) is 2.90. The molecular formula is C9H12N2O2. The predicted molar refractivity (Wildman–Crippen MR) is 50.4 cm³/mol. The third kappa shape index (κ3) is 1.78. The van der Waals surface area contributed by atoms with Crippen LogP contribution in [0, 0.1) is 0 Å². The highest BCUT2D eigenvalue weighted by atomic mass is 16.4. The number of anilines is 1. The number of para-hydroxylation sites is 1. The van der Waals surface area contributed by atoms with Crippen molar-refractivity contribution in [3.8, 4) is 0 Å². The van der Waals surface area contributed by atoms with Crippen LogP contribution in [-0.4, -0.2) is 11.1 Å². The van der Waals surface area contributed by atoms with Crippen molar-refractivity contribution in [3.63, 3.8) is 0 Å². The van der Waals surface area contributed by atoms with Gasteiger partial charge in [0.1, 0.15) is 0 Å². The lowest BCUT2D eigenvalue weighted by atomic mass is 10.0. The molecule has 0 radical (unpaired) electrons. The summed E-state index contributed by atoms with van der Waals surface area (Å²) >= 11 is 0. The fourth-order valence-electron chi connectivity index (χ4n) is 1.17. The molecule has 0 aliphatic heterocycles. The minimum absolute atomic E-state index is 0.106. The standard InChI is InChI=1S/C9H12N2O2/c1-5(10)6-3-2-4-7(8(6)11)9(12)13/h2-5H,10-11H2,1H3,(H,12,13)/t5-/m1/s1. The van der Waals surface area contributed by atoms with Crippen LogP contribution in [0.4, 0.5) is 5.69 Å². The van der Waals surface area contributed by atoms with Crippen LogP contribution in [0.3, 0.4) is 0 Å². The normalized spacial score (nSPS) is 12.5. The minimum Gasteiger partial charge on any atom is -0.478 e. The zero-order valence-corrected chi connectivity index (χ0v) is 7.32. The van der Waals surface area contributed by atoms with E-state index in [0.29, 0.717) is 5.56 Å². The van der Waals surface area contributed by atoms with Gasteiger partial charge in [0, 0.05) is 6.04 Å². The Bertz CT molecular complexity index is 334. The summed E-state index contributed by atoms with van der Waals surface area (Å²) < 4.78 is 0. The number of hydrogen-bond donors (Lipinski definition) is 3. The second kappa shape index (κ2) is 3.45. The molecule has 1 atom stereocenters.